The van der Waals surface area contributed by atoms with E-state index >= 15 is 0 Å². The lowest BCUT2D eigenvalue weighted by Gasteiger charge is -1.88. The Bertz CT molecular complexity index is 419. The monoisotopic (exact) mass is 180 g/mol. The van der Waals surface area contributed by atoms with Gasteiger partial charge in [-0.05, 0) is 0 Å². The summed E-state index contributed by atoms with van der Waals surface area (Å²) in [5.41, 5.74) is 0.707. The van der Waals surface area contributed by atoms with Gasteiger partial charge in [-0.15, -0.1) is 0 Å². The molecule has 7 nitrogen and oxygen atoms in total. The van der Waals surface area contributed by atoms with Gasteiger partial charge in [0.1, 0.15) is 18.2 Å². The second-order valence-electron chi connectivity index (χ2n) is 2.30. The smallest absolute Gasteiger partial charge is 0.314 e. The predicted molar refractivity (Wildman–Crippen MR) is 40.7 cm³/mol. The standard InChI is InChI=1S/C6H4N4O3/c11-10(12)5-2-7-9-6(5)4-1-8-13-3-4/h1-3H,(H,7,9). The van der Waals surface area contributed by atoms with Crippen LogP contribution in [0.3, 0.4) is 0 Å². The lowest BCUT2D eigenvalue weighted by Crippen LogP contribution is -1.87. The third kappa shape index (κ3) is 1.15. The van der Waals surface area contributed by atoms with Crippen LogP contribution < -0.4 is 0 Å². The molecule has 2 heterocycles. The van der Waals surface area contributed by atoms with Gasteiger partial charge in [-0.2, -0.15) is 5.10 Å². The molecule has 66 valence electrons. The number of hydrogen-bond acceptors (Lipinski definition) is 5. The average molecular weight is 180 g/mol. The van der Waals surface area contributed by atoms with E-state index in [1.54, 1.807) is 0 Å². The van der Waals surface area contributed by atoms with Crippen LogP contribution in [0.4, 0.5) is 5.69 Å². The molecule has 0 unspecified atom stereocenters. The van der Waals surface area contributed by atoms with Gasteiger partial charge in [-0.1, -0.05) is 5.16 Å². The van der Waals surface area contributed by atoms with E-state index in [4.69, 9.17) is 0 Å². The van der Waals surface area contributed by atoms with Crippen molar-refractivity contribution in [3.8, 4) is 11.3 Å². The predicted octanol–water partition coefficient (Wildman–Crippen LogP) is 0.973. The second kappa shape index (κ2) is 2.70. The van der Waals surface area contributed by atoms with Crippen LogP contribution in [0, 0.1) is 10.1 Å². The van der Waals surface area contributed by atoms with Gasteiger partial charge >= 0.3 is 5.69 Å². The van der Waals surface area contributed by atoms with Crippen LogP contribution in [0.5, 0.6) is 0 Å². The molecule has 0 bridgehead atoms. The Kier molecular flexibility index (Phi) is 1.55. The van der Waals surface area contributed by atoms with E-state index in [0.717, 1.165) is 6.20 Å². The summed E-state index contributed by atoms with van der Waals surface area (Å²) in [4.78, 5) is 9.95. The van der Waals surface area contributed by atoms with Crippen LogP contribution in [0.15, 0.2) is 23.2 Å². The number of aromatic nitrogens is 3. The molecule has 0 saturated heterocycles. The molecule has 0 aliphatic rings. The molecule has 2 rings (SSSR count). The minimum atomic E-state index is -0.522. The maximum absolute atomic E-state index is 10.5. The summed E-state index contributed by atoms with van der Waals surface area (Å²) in [5, 5.41) is 20.0. The SMILES string of the molecule is O=[N+]([O-])c1cn[nH]c1-c1cnoc1. The topological polar surface area (TPSA) is 97.8 Å². The zero-order valence-electron chi connectivity index (χ0n) is 6.30. The summed E-state index contributed by atoms with van der Waals surface area (Å²) in [6.45, 7) is 0. The van der Waals surface area contributed by atoms with E-state index in [0.29, 0.717) is 11.3 Å². The van der Waals surface area contributed by atoms with Crippen LogP contribution in [0.1, 0.15) is 0 Å². The van der Waals surface area contributed by atoms with Gasteiger partial charge in [-0.3, -0.25) is 15.2 Å². The fraction of sp³-hybridized carbons (Fsp3) is 0. The normalized spacial score (nSPS) is 10.2. The van der Waals surface area contributed by atoms with Crippen molar-refractivity contribution >= 4 is 5.69 Å². The van der Waals surface area contributed by atoms with Gasteiger partial charge < -0.3 is 4.52 Å². The second-order valence-corrected chi connectivity index (χ2v) is 2.30. The van der Waals surface area contributed by atoms with E-state index < -0.39 is 4.92 Å². The van der Waals surface area contributed by atoms with E-state index in [2.05, 4.69) is 19.9 Å². The molecule has 2 aromatic rings. The molecule has 0 radical (unpaired) electrons. The highest BCUT2D eigenvalue weighted by Gasteiger charge is 2.18. The first-order chi connectivity index (χ1) is 6.29. The van der Waals surface area contributed by atoms with E-state index in [-0.39, 0.29) is 5.69 Å². The van der Waals surface area contributed by atoms with Gasteiger partial charge in [0.05, 0.1) is 16.7 Å². The number of nitrogens with one attached hydrogen (secondary N) is 1. The summed E-state index contributed by atoms with van der Waals surface area (Å²) in [5.74, 6) is 0. The third-order valence-electron chi connectivity index (χ3n) is 1.54. The molecule has 0 aliphatic carbocycles. The zero-order chi connectivity index (χ0) is 9.26. The molecule has 0 amide bonds. The van der Waals surface area contributed by atoms with Gasteiger partial charge in [0.25, 0.3) is 0 Å². The van der Waals surface area contributed by atoms with E-state index in [1.165, 1.54) is 12.5 Å². The first-order valence-electron chi connectivity index (χ1n) is 3.36. The van der Waals surface area contributed by atoms with Gasteiger partial charge in [0.2, 0.25) is 0 Å². The Balaban J connectivity index is 2.52. The number of nitro groups is 1. The largest absolute Gasteiger partial charge is 0.364 e. The number of H-pyrrole nitrogens is 1. The highest BCUT2D eigenvalue weighted by molar-refractivity contribution is 5.66. The summed E-state index contributed by atoms with van der Waals surface area (Å²) in [7, 11) is 0. The summed E-state index contributed by atoms with van der Waals surface area (Å²) < 4.78 is 4.55. The number of hydrogen-bond donors (Lipinski definition) is 1. The van der Waals surface area contributed by atoms with Crippen molar-refractivity contribution in [1.29, 1.82) is 0 Å². The molecular formula is C6H4N4O3. The number of nitrogens with zero attached hydrogens (tertiary/aromatic N) is 3. The molecule has 0 atom stereocenters. The Morgan fingerprint density at radius 1 is 1.54 bits per heavy atom. The molecule has 1 N–H and O–H groups in total. The summed E-state index contributed by atoms with van der Waals surface area (Å²) in [6.07, 6.45) is 3.82. The molecule has 2 aromatic heterocycles. The van der Waals surface area contributed by atoms with Crippen molar-refractivity contribution in [1.82, 2.24) is 15.4 Å². The van der Waals surface area contributed by atoms with Crippen molar-refractivity contribution < 1.29 is 9.45 Å². The lowest BCUT2D eigenvalue weighted by molar-refractivity contribution is -0.384. The Morgan fingerprint density at radius 2 is 2.38 bits per heavy atom. The molecule has 0 fully saturated rings. The summed E-state index contributed by atoms with van der Waals surface area (Å²) in [6, 6.07) is 0. The van der Waals surface area contributed by atoms with Crippen molar-refractivity contribution in [3.05, 3.63) is 28.8 Å². The van der Waals surface area contributed by atoms with E-state index in [1.807, 2.05) is 0 Å². The molecule has 13 heavy (non-hydrogen) atoms. The maximum atomic E-state index is 10.5. The Hall–Kier alpha value is -2.18. The van der Waals surface area contributed by atoms with Gasteiger partial charge in [0.15, 0.2) is 0 Å². The van der Waals surface area contributed by atoms with E-state index in [9.17, 15) is 10.1 Å². The molecule has 0 aromatic carbocycles. The lowest BCUT2D eigenvalue weighted by atomic mass is 10.2. The quantitative estimate of drug-likeness (QED) is 0.548. The fourth-order valence-electron chi connectivity index (χ4n) is 0.959. The minimum Gasteiger partial charge on any atom is -0.364 e. The fourth-order valence-corrected chi connectivity index (χ4v) is 0.959. The number of aromatic amines is 1. The molecular weight excluding hydrogens is 176 g/mol. The summed E-state index contributed by atoms with van der Waals surface area (Å²) >= 11 is 0. The van der Waals surface area contributed by atoms with Crippen molar-refractivity contribution in [2.24, 2.45) is 0 Å². The molecule has 0 saturated carbocycles. The van der Waals surface area contributed by atoms with Gasteiger partial charge in [-0.25, -0.2) is 0 Å². The van der Waals surface area contributed by atoms with Crippen LogP contribution in [0.2, 0.25) is 0 Å². The highest BCUT2D eigenvalue weighted by atomic mass is 16.6. The number of rotatable bonds is 2. The van der Waals surface area contributed by atoms with Crippen LogP contribution >= 0.6 is 0 Å². The van der Waals surface area contributed by atoms with Crippen LogP contribution in [-0.4, -0.2) is 20.3 Å². The average Bonchev–Trinajstić information content (AvgIpc) is 2.74. The Morgan fingerprint density at radius 3 is 3.00 bits per heavy atom. The van der Waals surface area contributed by atoms with Crippen molar-refractivity contribution in [3.63, 3.8) is 0 Å². The first kappa shape index (κ1) is 7.47. The molecule has 0 aliphatic heterocycles. The van der Waals surface area contributed by atoms with Gasteiger partial charge in [0, 0.05) is 0 Å². The van der Waals surface area contributed by atoms with Crippen molar-refractivity contribution in [2.45, 2.75) is 0 Å². The van der Waals surface area contributed by atoms with Crippen LogP contribution in [0.25, 0.3) is 11.3 Å². The minimum absolute atomic E-state index is 0.0943. The highest BCUT2D eigenvalue weighted by Crippen LogP contribution is 2.25. The third-order valence-corrected chi connectivity index (χ3v) is 1.54. The Labute approximate surface area is 71.5 Å². The molecule has 7 heteroatoms. The van der Waals surface area contributed by atoms with Crippen LogP contribution in [-0.2, 0) is 0 Å². The zero-order valence-corrected chi connectivity index (χ0v) is 6.30. The maximum Gasteiger partial charge on any atom is 0.314 e. The first-order valence-corrected chi connectivity index (χ1v) is 3.36. The van der Waals surface area contributed by atoms with Crippen molar-refractivity contribution in [2.75, 3.05) is 0 Å². The molecule has 0 spiro atoms.